The van der Waals surface area contributed by atoms with Gasteiger partial charge >= 0.3 is 5.97 Å². The van der Waals surface area contributed by atoms with Gasteiger partial charge in [-0.25, -0.2) is 0 Å². The van der Waals surface area contributed by atoms with Gasteiger partial charge in [0.1, 0.15) is 10.4 Å². The summed E-state index contributed by atoms with van der Waals surface area (Å²) in [4.78, 5) is 10.8. The highest BCUT2D eigenvalue weighted by molar-refractivity contribution is 9.10. The van der Waals surface area contributed by atoms with Crippen LogP contribution in [-0.4, -0.2) is 16.4 Å². The van der Waals surface area contributed by atoms with E-state index in [-0.39, 0.29) is 12.1 Å². The van der Waals surface area contributed by atoms with Crippen LogP contribution in [0.1, 0.15) is 20.3 Å². The summed E-state index contributed by atoms with van der Waals surface area (Å²) in [5, 5.41) is 0. The first kappa shape index (κ1) is 7.06. The van der Waals surface area contributed by atoms with Gasteiger partial charge in [-0.05, 0) is 13.8 Å². The molecule has 52 valence electrons. The fraction of sp³-hybridized carbons (Fsp3) is 0.833. The lowest BCUT2D eigenvalue weighted by molar-refractivity contribution is -0.142. The van der Waals surface area contributed by atoms with E-state index >= 15 is 0 Å². The third-order valence-electron chi connectivity index (χ3n) is 1.40. The van der Waals surface area contributed by atoms with Crippen LogP contribution >= 0.6 is 15.9 Å². The highest BCUT2D eigenvalue weighted by atomic mass is 79.9. The first-order valence-electron chi connectivity index (χ1n) is 2.92. The minimum absolute atomic E-state index is 0.0712. The number of hydrogen-bond donors (Lipinski definition) is 0. The Bertz CT molecular complexity index is 142. The number of carbonyl (C=O) groups is 1. The van der Waals surface area contributed by atoms with Crippen molar-refractivity contribution in [2.75, 3.05) is 0 Å². The molecule has 0 radical (unpaired) electrons. The number of esters is 1. The van der Waals surface area contributed by atoms with Crippen molar-refractivity contribution < 1.29 is 9.53 Å². The zero-order valence-corrected chi connectivity index (χ0v) is 7.06. The highest BCUT2D eigenvalue weighted by Crippen LogP contribution is 2.32. The van der Waals surface area contributed by atoms with E-state index < -0.39 is 4.32 Å². The van der Waals surface area contributed by atoms with Crippen LogP contribution in [-0.2, 0) is 9.53 Å². The molecule has 0 spiro atoms. The van der Waals surface area contributed by atoms with Crippen molar-refractivity contribution in [1.82, 2.24) is 0 Å². The summed E-state index contributed by atoms with van der Waals surface area (Å²) >= 11 is 3.27. The van der Waals surface area contributed by atoms with E-state index in [1.54, 1.807) is 0 Å². The van der Waals surface area contributed by atoms with E-state index in [2.05, 4.69) is 15.9 Å². The molecule has 1 saturated heterocycles. The van der Waals surface area contributed by atoms with Crippen LogP contribution in [0.15, 0.2) is 0 Å². The Morgan fingerprint density at radius 1 is 1.89 bits per heavy atom. The zero-order valence-electron chi connectivity index (χ0n) is 5.48. The smallest absolute Gasteiger partial charge is 0.322 e. The summed E-state index contributed by atoms with van der Waals surface area (Å²) in [7, 11) is 0. The monoisotopic (exact) mass is 192 g/mol. The number of carbonyl (C=O) groups excluding carboxylic acids is 1. The van der Waals surface area contributed by atoms with Gasteiger partial charge in [0.15, 0.2) is 0 Å². The molecular formula is C6H9BrO2. The molecule has 2 nitrogen and oxygen atoms in total. The molecule has 0 saturated carbocycles. The van der Waals surface area contributed by atoms with Gasteiger partial charge in [0.2, 0.25) is 0 Å². The van der Waals surface area contributed by atoms with Crippen LogP contribution in [0.3, 0.4) is 0 Å². The topological polar surface area (TPSA) is 26.3 Å². The highest BCUT2D eigenvalue weighted by Gasteiger charge is 2.41. The Morgan fingerprint density at radius 3 is 2.56 bits per heavy atom. The van der Waals surface area contributed by atoms with Gasteiger partial charge in [-0.3, -0.25) is 4.79 Å². The van der Waals surface area contributed by atoms with Crippen LogP contribution in [0.5, 0.6) is 0 Å². The van der Waals surface area contributed by atoms with Gasteiger partial charge in [-0.2, -0.15) is 0 Å². The van der Waals surface area contributed by atoms with Crippen LogP contribution in [0.2, 0.25) is 0 Å². The van der Waals surface area contributed by atoms with E-state index in [9.17, 15) is 4.79 Å². The molecule has 1 fully saturated rings. The minimum atomic E-state index is -0.424. The van der Waals surface area contributed by atoms with Gasteiger partial charge < -0.3 is 4.74 Å². The number of cyclic esters (lactones) is 1. The van der Waals surface area contributed by atoms with Gasteiger partial charge in [-0.15, -0.1) is 0 Å². The Hall–Kier alpha value is -0.0500. The lowest BCUT2D eigenvalue weighted by atomic mass is 10.1. The van der Waals surface area contributed by atoms with Gasteiger partial charge in [-0.1, -0.05) is 15.9 Å². The largest absolute Gasteiger partial charge is 0.462 e. The average Bonchev–Trinajstić information content (AvgIpc) is 1.79. The van der Waals surface area contributed by atoms with Crippen molar-refractivity contribution >= 4 is 21.9 Å². The standard InChI is InChI=1S/C6H9BrO2/c1-4-3-6(2,7)5(8)9-4/h4H,3H2,1-2H3/t4-,6-/m1/s1. The maximum Gasteiger partial charge on any atom is 0.322 e. The second-order valence-electron chi connectivity index (χ2n) is 2.62. The Labute approximate surface area is 62.7 Å². The van der Waals surface area contributed by atoms with Crippen molar-refractivity contribution in [2.45, 2.75) is 30.7 Å². The first-order valence-corrected chi connectivity index (χ1v) is 3.72. The Balaban J connectivity index is 2.70. The maximum atomic E-state index is 10.8. The van der Waals surface area contributed by atoms with Crippen LogP contribution < -0.4 is 0 Å². The molecule has 2 atom stereocenters. The molecule has 1 aliphatic heterocycles. The molecule has 1 aliphatic rings. The zero-order chi connectivity index (χ0) is 7.07. The Kier molecular flexibility index (Phi) is 1.55. The second-order valence-corrected chi connectivity index (χ2v) is 4.37. The molecule has 0 bridgehead atoms. The minimum Gasteiger partial charge on any atom is -0.462 e. The van der Waals surface area contributed by atoms with Crippen LogP contribution in [0.25, 0.3) is 0 Å². The van der Waals surface area contributed by atoms with E-state index in [1.807, 2.05) is 13.8 Å². The normalized spacial score (nSPS) is 43.0. The van der Waals surface area contributed by atoms with Gasteiger partial charge in [0.25, 0.3) is 0 Å². The molecule has 0 aliphatic carbocycles. The third-order valence-corrected chi connectivity index (χ3v) is 2.05. The van der Waals surface area contributed by atoms with Crippen molar-refractivity contribution in [3.05, 3.63) is 0 Å². The van der Waals surface area contributed by atoms with Crippen molar-refractivity contribution in [3.8, 4) is 0 Å². The molecule has 0 N–H and O–H groups in total. The lowest BCUT2D eigenvalue weighted by Gasteiger charge is -2.05. The number of hydrogen-bond acceptors (Lipinski definition) is 2. The molecule has 0 aromatic rings. The molecule has 9 heavy (non-hydrogen) atoms. The van der Waals surface area contributed by atoms with Crippen LogP contribution in [0.4, 0.5) is 0 Å². The van der Waals surface area contributed by atoms with E-state index in [0.717, 1.165) is 6.42 Å². The van der Waals surface area contributed by atoms with Crippen molar-refractivity contribution in [2.24, 2.45) is 0 Å². The molecule has 0 unspecified atom stereocenters. The fourth-order valence-corrected chi connectivity index (χ4v) is 1.52. The number of halogens is 1. The summed E-state index contributed by atoms with van der Waals surface area (Å²) in [5.41, 5.74) is 0. The molecule has 0 aromatic heterocycles. The quantitative estimate of drug-likeness (QED) is 0.430. The van der Waals surface area contributed by atoms with Gasteiger partial charge in [0, 0.05) is 6.42 Å². The second kappa shape index (κ2) is 1.97. The number of rotatable bonds is 0. The lowest BCUT2D eigenvalue weighted by Crippen LogP contribution is -2.21. The Morgan fingerprint density at radius 2 is 2.44 bits per heavy atom. The maximum absolute atomic E-state index is 10.8. The van der Waals surface area contributed by atoms with E-state index in [0.29, 0.717) is 0 Å². The van der Waals surface area contributed by atoms with E-state index in [1.165, 1.54) is 0 Å². The SMILES string of the molecule is C[C@@H]1C[C@@](C)(Br)C(=O)O1. The summed E-state index contributed by atoms with van der Waals surface area (Å²) < 4.78 is 4.47. The third kappa shape index (κ3) is 1.26. The number of alkyl halides is 1. The molecule has 1 heterocycles. The van der Waals surface area contributed by atoms with Crippen molar-refractivity contribution in [3.63, 3.8) is 0 Å². The molecule has 0 amide bonds. The van der Waals surface area contributed by atoms with Crippen LogP contribution in [0, 0.1) is 0 Å². The fourth-order valence-electron chi connectivity index (χ4n) is 0.970. The molecule has 3 heteroatoms. The molecule has 1 rings (SSSR count). The first-order chi connectivity index (χ1) is 4.02. The average molecular weight is 193 g/mol. The van der Waals surface area contributed by atoms with E-state index in [4.69, 9.17) is 4.74 Å². The summed E-state index contributed by atoms with van der Waals surface area (Å²) in [6, 6.07) is 0. The summed E-state index contributed by atoms with van der Waals surface area (Å²) in [6.45, 7) is 3.73. The van der Waals surface area contributed by atoms with Crippen molar-refractivity contribution in [1.29, 1.82) is 0 Å². The number of ether oxygens (including phenoxy) is 1. The van der Waals surface area contributed by atoms with Gasteiger partial charge in [0.05, 0.1) is 0 Å². The molecular weight excluding hydrogens is 184 g/mol. The molecule has 0 aromatic carbocycles. The predicted molar refractivity (Wildman–Crippen MR) is 37.5 cm³/mol. The summed E-state index contributed by atoms with van der Waals surface area (Å²) in [6.07, 6.45) is 0.841. The summed E-state index contributed by atoms with van der Waals surface area (Å²) in [5.74, 6) is -0.144. The predicted octanol–water partition coefficient (Wildman–Crippen LogP) is 1.48.